The number of fused-ring (bicyclic) bond motifs is 1. The summed E-state index contributed by atoms with van der Waals surface area (Å²) in [7, 11) is 0. The van der Waals surface area contributed by atoms with Crippen LogP contribution in [0.4, 0.5) is 4.79 Å². The number of amides is 2. The van der Waals surface area contributed by atoms with Gasteiger partial charge in [0, 0.05) is 30.1 Å². The van der Waals surface area contributed by atoms with E-state index in [1.54, 1.807) is 6.92 Å². The van der Waals surface area contributed by atoms with E-state index in [0.717, 1.165) is 59.5 Å². The lowest BCUT2D eigenvalue weighted by atomic mass is 9.55. The minimum absolute atomic E-state index is 0.122. The number of nitrogens with one attached hydrogen (secondary N) is 2. The highest BCUT2D eigenvalue weighted by molar-refractivity contribution is 5.93. The van der Waals surface area contributed by atoms with Crippen LogP contribution in [0.3, 0.4) is 0 Å². The van der Waals surface area contributed by atoms with Crippen molar-refractivity contribution < 1.29 is 24.2 Å². The Balaban J connectivity index is 1.25. The number of benzene rings is 2. The second-order valence-electron chi connectivity index (χ2n) is 12.7. The van der Waals surface area contributed by atoms with Crippen LogP contribution in [0.2, 0.25) is 0 Å². The van der Waals surface area contributed by atoms with Gasteiger partial charge in [0.15, 0.2) is 0 Å². The number of ether oxygens (including phenoxy) is 1. The van der Waals surface area contributed by atoms with Gasteiger partial charge in [-0.05, 0) is 86.3 Å². The molecule has 4 aliphatic carbocycles. The second kappa shape index (κ2) is 11.2. The molecule has 1 unspecified atom stereocenters. The number of hydrogen-bond acceptors (Lipinski definition) is 4. The van der Waals surface area contributed by atoms with Crippen molar-refractivity contribution in [2.45, 2.75) is 63.5 Å². The lowest BCUT2D eigenvalue weighted by Crippen LogP contribution is -2.61. The summed E-state index contributed by atoms with van der Waals surface area (Å²) in [4.78, 5) is 44.2. The number of rotatable bonds is 10. The van der Waals surface area contributed by atoms with Gasteiger partial charge in [-0.3, -0.25) is 9.59 Å². The minimum Gasteiger partial charge on any atom is -0.480 e. The Bertz CT molecular complexity index is 1390. The quantitative estimate of drug-likeness (QED) is 0.318. The molecule has 2 amide bonds. The zero-order valence-corrected chi connectivity index (χ0v) is 23.6. The number of aliphatic carboxylic acids is 1. The number of carboxylic acid groups (broad SMARTS) is 1. The predicted molar refractivity (Wildman–Crippen MR) is 155 cm³/mol. The number of para-hydroxylation sites is 1. The maximum absolute atomic E-state index is 14.2. The van der Waals surface area contributed by atoms with Crippen LogP contribution in [0.1, 0.15) is 50.2 Å². The highest BCUT2D eigenvalue weighted by Gasteiger charge is 2.50. The molecule has 4 fully saturated rings. The fourth-order valence-electron chi connectivity index (χ4n) is 7.95. The van der Waals surface area contributed by atoms with Crippen LogP contribution in [0.5, 0.6) is 0 Å². The molecule has 3 aromatic rings. The number of alkyl carbamates (subject to hydrolysis) is 1. The SMILES string of the molecule is CC(Cc1c[nH]c2ccccc12)(NC(=O)OC1C2CC3CC(C2)CC1C3)C(=O)N(CCc1ccccc1)CC(=O)O. The van der Waals surface area contributed by atoms with E-state index in [4.69, 9.17) is 4.74 Å². The van der Waals surface area contributed by atoms with Crippen molar-refractivity contribution in [1.82, 2.24) is 15.2 Å². The first-order valence-electron chi connectivity index (χ1n) is 14.9. The predicted octanol–water partition coefficient (Wildman–Crippen LogP) is 5.18. The van der Waals surface area contributed by atoms with E-state index in [9.17, 15) is 19.5 Å². The van der Waals surface area contributed by atoms with Gasteiger partial charge in [-0.1, -0.05) is 48.5 Å². The number of nitrogens with zero attached hydrogens (tertiary/aromatic N) is 1. The first-order valence-corrected chi connectivity index (χ1v) is 14.9. The van der Waals surface area contributed by atoms with Crippen molar-refractivity contribution in [2.75, 3.05) is 13.1 Å². The Morgan fingerprint density at radius 2 is 1.63 bits per heavy atom. The summed E-state index contributed by atoms with van der Waals surface area (Å²) in [6.45, 7) is 1.44. The topological polar surface area (TPSA) is 112 Å². The van der Waals surface area contributed by atoms with Gasteiger partial charge >= 0.3 is 12.1 Å². The number of H-pyrrole nitrogens is 1. The molecule has 0 spiro atoms. The maximum Gasteiger partial charge on any atom is 0.408 e. The normalized spacial score (nSPS) is 25.9. The molecule has 1 heterocycles. The van der Waals surface area contributed by atoms with Crippen molar-refractivity contribution in [3.63, 3.8) is 0 Å². The Morgan fingerprint density at radius 1 is 0.976 bits per heavy atom. The van der Waals surface area contributed by atoms with E-state index in [0.29, 0.717) is 18.3 Å². The maximum atomic E-state index is 14.2. The smallest absolute Gasteiger partial charge is 0.408 e. The van der Waals surface area contributed by atoms with Gasteiger partial charge in [0.25, 0.3) is 0 Å². The van der Waals surface area contributed by atoms with Crippen LogP contribution in [-0.4, -0.2) is 57.7 Å². The third-order valence-corrected chi connectivity index (χ3v) is 9.58. The van der Waals surface area contributed by atoms with Gasteiger partial charge in [-0.15, -0.1) is 0 Å². The van der Waals surface area contributed by atoms with Gasteiger partial charge in [-0.2, -0.15) is 0 Å². The van der Waals surface area contributed by atoms with E-state index in [1.165, 1.54) is 11.3 Å². The Hall–Kier alpha value is -3.81. The van der Waals surface area contributed by atoms with Gasteiger partial charge in [0.2, 0.25) is 5.91 Å². The molecule has 3 N–H and O–H groups in total. The number of hydrogen-bond donors (Lipinski definition) is 3. The molecule has 8 heteroatoms. The van der Waals surface area contributed by atoms with Crippen LogP contribution in [-0.2, 0) is 27.2 Å². The summed E-state index contributed by atoms with van der Waals surface area (Å²) in [5.41, 5.74) is 1.38. The van der Waals surface area contributed by atoms with E-state index < -0.39 is 30.1 Å². The summed E-state index contributed by atoms with van der Waals surface area (Å²) in [5, 5.41) is 13.6. The van der Waals surface area contributed by atoms with Gasteiger partial charge in [0.1, 0.15) is 18.2 Å². The van der Waals surface area contributed by atoms with Crippen molar-refractivity contribution >= 4 is 28.9 Å². The molecule has 0 aliphatic heterocycles. The third kappa shape index (κ3) is 5.83. The molecule has 1 aromatic heterocycles. The van der Waals surface area contributed by atoms with Gasteiger partial charge < -0.3 is 25.0 Å². The fraction of sp³-hybridized carbons (Fsp3) is 0.485. The number of carbonyl (C=O) groups is 3. The summed E-state index contributed by atoms with van der Waals surface area (Å²) in [6, 6.07) is 17.5. The number of carbonyl (C=O) groups excluding carboxylic acids is 2. The lowest BCUT2D eigenvalue weighted by molar-refractivity contribution is -0.147. The van der Waals surface area contributed by atoms with E-state index in [1.807, 2.05) is 60.8 Å². The van der Waals surface area contributed by atoms with Crippen LogP contribution < -0.4 is 5.32 Å². The molecule has 0 radical (unpaired) electrons. The number of aromatic amines is 1. The summed E-state index contributed by atoms with van der Waals surface area (Å²) in [6.07, 6.45) is 7.59. The molecule has 41 heavy (non-hydrogen) atoms. The summed E-state index contributed by atoms with van der Waals surface area (Å²) in [5.74, 6) is 0.746. The zero-order valence-electron chi connectivity index (χ0n) is 23.6. The Morgan fingerprint density at radius 3 is 2.32 bits per heavy atom. The molecule has 4 aliphatic rings. The fourth-order valence-corrected chi connectivity index (χ4v) is 7.95. The first kappa shape index (κ1) is 27.4. The number of carboxylic acids is 1. The van der Waals surface area contributed by atoms with Crippen molar-refractivity contribution in [2.24, 2.45) is 23.7 Å². The zero-order chi connectivity index (χ0) is 28.6. The van der Waals surface area contributed by atoms with E-state index >= 15 is 0 Å². The van der Waals surface area contributed by atoms with Crippen LogP contribution in [0.15, 0.2) is 60.8 Å². The van der Waals surface area contributed by atoms with Crippen molar-refractivity contribution in [1.29, 1.82) is 0 Å². The molecule has 4 bridgehead atoms. The second-order valence-corrected chi connectivity index (χ2v) is 12.7. The molecule has 0 saturated heterocycles. The third-order valence-electron chi connectivity index (χ3n) is 9.58. The lowest BCUT2D eigenvalue weighted by Gasteiger charge is -2.53. The molecule has 216 valence electrons. The van der Waals surface area contributed by atoms with Crippen molar-refractivity contribution in [3.05, 3.63) is 71.9 Å². The van der Waals surface area contributed by atoms with E-state index in [2.05, 4.69) is 10.3 Å². The molecule has 8 nitrogen and oxygen atoms in total. The van der Waals surface area contributed by atoms with Crippen LogP contribution in [0, 0.1) is 23.7 Å². The summed E-state index contributed by atoms with van der Waals surface area (Å²) >= 11 is 0. The molecule has 7 rings (SSSR count). The molecule has 1 atom stereocenters. The van der Waals surface area contributed by atoms with Crippen LogP contribution in [0.25, 0.3) is 10.9 Å². The van der Waals surface area contributed by atoms with E-state index in [-0.39, 0.29) is 19.1 Å². The largest absolute Gasteiger partial charge is 0.480 e. The van der Waals surface area contributed by atoms with Gasteiger partial charge in [-0.25, -0.2) is 4.79 Å². The molecule has 4 saturated carbocycles. The highest BCUT2D eigenvalue weighted by Crippen LogP contribution is 2.54. The summed E-state index contributed by atoms with van der Waals surface area (Å²) < 4.78 is 6.12. The Labute approximate surface area is 240 Å². The standard InChI is InChI=1S/C33H39N3O5/c1-33(18-26-19-34-28-10-6-5-9-27(26)28,31(39)36(20-29(37)38)12-11-21-7-3-2-4-8-21)35-32(40)41-30-24-14-22-13-23(16-24)17-25(30)15-22/h2-10,19,22-25,30,34H,11-18,20H2,1H3,(H,35,40)(H,37,38). The number of aromatic nitrogens is 1. The minimum atomic E-state index is -1.42. The van der Waals surface area contributed by atoms with Crippen LogP contribution >= 0.6 is 0 Å². The van der Waals surface area contributed by atoms with Gasteiger partial charge in [0.05, 0.1) is 0 Å². The Kier molecular flexibility index (Phi) is 7.49. The molecular weight excluding hydrogens is 518 g/mol. The average molecular weight is 558 g/mol. The molecule has 2 aromatic carbocycles. The highest BCUT2D eigenvalue weighted by atomic mass is 16.6. The average Bonchev–Trinajstić information content (AvgIpc) is 3.35. The monoisotopic (exact) mass is 557 g/mol. The first-order chi connectivity index (χ1) is 19.8. The molecular formula is C33H39N3O5. The van der Waals surface area contributed by atoms with Crippen molar-refractivity contribution in [3.8, 4) is 0 Å².